The number of carbonyl (C=O) groups excluding carboxylic acids is 1. The van der Waals surface area contributed by atoms with Crippen LogP contribution in [-0.4, -0.2) is 20.1 Å². The molecule has 2 aromatic carbocycles. The molecule has 0 radical (unpaired) electrons. The van der Waals surface area contributed by atoms with Crippen LogP contribution in [0.15, 0.2) is 47.4 Å². The van der Waals surface area contributed by atoms with E-state index >= 15 is 0 Å². The van der Waals surface area contributed by atoms with Crippen molar-refractivity contribution < 1.29 is 17.9 Å². The summed E-state index contributed by atoms with van der Waals surface area (Å²) in [6.07, 6.45) is 0. The Kier molecular flexibility index (Phi) is 5.68. The van der Waals surface area contributed by atoms with E-state index in [2.05, 4.69) is 0 Å². The summed E-state index contributed by atoms with van der Waals surface area (Å²) < 4.78 is 29.3. The molecular weight excluding hydrogens is 359 g/mol. The standard InChI is InChI=1S/C16H14Cl2O4S/c1-2-23(20,21)15-9-4-3-6-11(15)16(19)22-10-12-13(17)7-5-8-14(12)18/h3-9H,2,10H2,1H3. The van der Waals surface area contributed by atoms with Crippen molar-refractivity contribution in [3.63, 3.8) is 0 Å². The molecule has 2 rings (SSSR count). The van der Waals surface area contributed by atoms with E-state index in [1.807, 2.05) is 0 Å². The Bertz CT molecular complexity index is 811. The minimum absolute atomic E-state index is 0.00229. The first-order valence-corrected chi connectivity index (χ1v) is 9.19. The number of halogens is 2. The van der Waals surface area contributed by atoms with Gasteiger partial charge in [-0.2, -0.15) is 0 Å². The van der Waals surface area contributed by atoms with E-state index in [-0.39, 0.29) is 22.8 Å². The van der Waals surface area contributed by atoms with Crippen molar-refractivity contribution in [3.05, 3.63) is 63.6 Å². The molecule has 0 aliphatic carbocycles. The Labute approximate surface area is 144 Å². The lowest BCUT2D eigenvalue weighted by Crippen LogP contribution is -2.13. The third-order valence-electron chi connectivity index (χ3n) is 3.23. The predicted molar refractivity (Wildman–Crippen MR) is 89.8 cm³/mol. The fourth-order valence-corrected chi connectivity index (χ4v) is 3.54. The first kappa shape index (κ1) is 17.8. The highest BCUT2D eigenvalue weighted by molar-refractivity contribution is 7.91. The van der Waals surface area contributed by atoms with E-state index in [0.29, 0.717) is 15.6 Å². The van der Waals surface area contributed by atoms with Gasteiger partial charge in [-0.1, -0.05) is 48.3 Å². The largest absolute Gasteiger partial charge is 0.457 e. The molecule has 0 heterocycles. The SMILES string of the molecule is CCS(=O)(=O)c1ccccc1C(=O)OCc1c(Cl)cccc1Cl. The van der Waals surface area contributed by atoms with Gasteiger partial charge in [0.05, 0.1) is 16.2 Å². The molecule has 2 aromatic rings. The normalized spacial score (nSPS) is 11.3. The topological polar surface area (TPSA) is 60.4 Å². The summed E-state index contributed by atoms with van der Waals surface area (Å²) in [5.74, 6) is -0.846. The molecule has 23 heavy (non-hydrogen) atoms. The van der Waals surface area contributed by atoms with Crippen LogP contribution < -0.4 is 0 Å². The zero-order chi connectivity index (χ0) is 17.0. The van der Waals surface area contributed by atoms with Crippen molar-refractivity contribution in [1.82, 2.24) is 0 Å². The van der Waals surface area contributed by atoms with Crippen LogP contribution in [0.4, 0.5) is 0 Å². The molecule has 0 atom stereocenters. The van der Waals surface area contributed by atoms with E-state index < -0.39 is 15.8 Å². The molecule has 0 N–H and O–H groups in total. The van der Waals surface area contributed by atoms with Gasteiger partial charge in [-0.25, -0.2) is 13.2 Å². The lowest BCUT2D eigenvalue weighted by Gasteiger charge is -2.11. The Morgan fingerprint density at radius 3 is 2.26 bits per heavy atom. The van der Waals surface area contributed by atoms with Gasteiger partial charge in [0.1, 0.15) is 6.61 Å². The zero-order valence-electron chi connectivity index (χ0n) is 12.3. The van der Waals surface area contributed by atoms with Crippen LogP contribution in [-0.2, 0) is 21.2 Å². The van der Waals surface area contributed by atoms with Gasteiger partial charge in [-0.15, -0.1) is 0 Å². The fraction of sp³-hybridized carbons (Fsp3) is 0.188. The maximum Gasteiger partial charge on any atom is 0.339 e. The van der Waals surface area contributed by atoms with Crippen LogP contribution in [0, 0.1) is 0 Å². The molecular formula is C16H14Cl2O4S. The summed E-state index contributed by atoms with van der Waals surface area (Å²) >= 11 is 12.0. The van der Waals surface area contributed by atoms with Crippen LogP contribution in [0.3, 0.4) is 0 Å². The maximum absolute atomic E-state index is 12.3. The second kappa shape index (κ2) is 7.34. The molecule has 0 aromatic heterocycles. The number of hydrogen-bond acceptors (Lipinski definition) is 4. The van der Waals surface area contributed by atoms with Gasteiger partial charge in [-0.05, 0) is 24.3 Å². The lowest BCUT2D eigenvalue weighted by atomic mass is 10.2. The second-order valence-corrected chi connectivity index (χ2v) is 7.74. The van der Waals surface area contributed by atoms with Crippen LogP contribution in [0.5, 0.6) is 0 Å². The third kappa shape index (κ3) is 4.05. The Balaban J connectivity index is 2.26. The summed E-state index contributed by atoms with van der Waals surface area (Å²) in [4.78, 5) is 12.2. The first-order chi connectivity index (χ1) is 10.9. The maximum atomic E-state index is 12.3. The average Bonchev–Trinajstić information content (AvgIpc) is 2.54. The van der Waals surface area contributed by atoms with Gasteiger partial charge in [0, 0.05) is 15.6 Å². The molecule has 7 heteroatoms. The number of carbonyl (C=O) groups is 1. The molecule has 0 spiro atoms. The molecule has 0 saturated heterocycles. The summed E-state index contributed by atoms with van der Waals surface area (Å²) in [6.45, 7) is 1.37. The van der Waals surface area contributed by atoms with Crippen molar-refractivity contribution in [2.45, 2.75) is 18.4 Å². The van der Waals surface area contributed by atoms with E-state index in [0.717, 1.165) is 0 Å². The van der Waals surface area contributed by atoms with E-state index in [1.165, 1.54) is 19.1 Å². The van der Waals surface area contributed by atoms with Gasteiger partial charge in [0.2, 0.25) is 0 Å². The summed E-state index contributed by atoms with van der Waals surface area (Å²) in [5, 5.41) is 0.750. The number of esters is 1. The van der Waals surface area contributed by atoms with Crippen LogP contribution >= 0.6 is 23.2 Å². The molecule has 0 bridgehead atoms. The minimum atomic E-state index is -3.53. The van der Waals surface area contributed by atoms with E-state index in [4.69, 9.17) is 27.9 Å². The second-order valence-electron chi connectivity index (χ2n) is 4.68. The van der Waals surface area contributed by atoms with Crippen LogP contribution in [0.2, 0.25) is 10.0 Å². The highest BCUT2D eigenvalue weighted by atomic mass is 35.5. The van der Waals surface area contributed by atoms with Gasteiger partial charge < -0.3 is 4.74 Å². The predicted octanol–water partition coefficient (Wildman–Crippen LogP) is 4.14. The van der Waals surface area contributed by atoms with Crippen molar-refractivity contribution in [1.29, 1.82) is 0 Å². The van der Waals surface area contributed by atoms with Crippen LogP contribution in [0.1, 0.15) is 22.8 Å². The van der Waals surface area contributed by atoms with Crippen molar-refractivity contribution in [3.8, 4) is 0 Å². The summed E-state index contributed by atoms with van der Waals surface area (Å²) in [7, 11) is -3.53. The van der Waals surface area contributed by atoms with Gasteiger partial charge in [0.15, 0.2) is 9.84 Å². The fourth-order valence-electron chi connectivity index (χ4n) is 1.95. The van der Waals surface area contributed by atoms with Gasteiger partial charge in [-0.3, -0.25) is 0 Å². The Hall–Kier alpha value is -1.56. The highest BCUT2D eigenvalue weighted by Crippen LogP contribution is 2.26. The third-order valence-corrected chi connectivity index (χ3v) is 5.73. The number of hydrogen-bond donors (Lipinski definition) is 0. The molecule has 0 aliphatic heterocycles. The van der Waals surface area contributed by atoms with Crippen molar-refractivity contribution >= 4 is 39.0 Å². The molecule has 4 nitrogen and oxygen atoms in total. The molecule has 0 aliphatic rings. The smallest absolute Gasteiger partial charge is 0.339 e. The minimum Gasteiger partial charge on any atom is -0.457 e. The summed E-state index contributed by atoms with van der Waals surface area (Å²) in [6, 6.07) is 10.9. The van der Waals surface area contributed by atoms with Crippen molar-refractivity contribution in [2.24, 2.45) is 0 Å². The number of rotatable bonds is 5. The lowest BCUT2D eigenvalue weighted by molar-refractivity contribution is 0.0468. The Morgan fingerprint density at radius 2 is 1.65 bits per heavy atom. The Morgan fingerprint density at radius 1 is 1.04 bits per heavy atom. The number of ether oxygens (including phenoxy) is 1. The van der Waals surface area contributed by atoms with Gasteiger partial charge >= 0.3 is 5.97 Å². The monoisotopic (exact) mass is 372 g/mol. The molecule has 0 saturated carbocycles. The number of sulfone groups is 1. The molecule has 0 amide bonds. The molecule has 0 fully saturated rings. The zero-order valence-corrected chi connectivity index (χ0v) is 14.6. The average molecular weight is 373 g/mol. The van der Waals surface area contributed by atoms with Crippen LogP contribution in [0.25, 0.3) is 0 Å². The molecule has 122 valence electrons. The number of benzene rings is 2. The van der Waals surface area contributed by atoms with E-state index in [9.17, 15) is 13.2 Å². The van der Waals surface area contributed by atoms with Gasteiger partial charge in [0.25, 0.3) is 0 Å². The van der Waals surface area contributed by atoms with Crippen molar-refractivity contribution in [2.75, 3.05) is 5.75 Å². The first-order valence-electron chi connectivity index (χ1n) is 6.78. The molecule has 0 unspecified atom stereocenters. The quantitative estimate of drug-likeness (QED) is 0.739. The highest BCUT2D eigenvalue weighted by Gasteiger charge is 2.22. The van der Waals surface area contributed by atoms with E-state index in [1.54, 1.807) is 30.3 Å². The summed E-state index contributed by atoms with van der Waals surface area (Å²) in [5.41, 5.74) is 0.470.